The van der Waals surface area contributed by atoms with Crippen LogP contribution in [0.3, 0.4) is 0 Å². The molecule has 1 fully saturated rings. The highest BCUT2D eigenvalue weighted by molar-refractivity contribution is 7.71. The van der Waals surface area contributed by atoms with E-state index in [1.807, 2.05) is 6.07 Å². The maximum atomic E-state index is 5.16. The van der Waals surface area contributed by atoms with E-state index in [1.165, 1.54) is 12.1 Å². The van der Waals surface area contributed by atoms with Crippen LogP contribution in [0, 0.1) is 10.6 Å². The monoisotopic (exact) mass is 208 g/mol. The largest absolute Gasteiger partial charge is 0.347 e. The Hall–Kier alpha value is -0.700. The summed E-state index contributed by atoms with van der Waals surface area (Å²) in [4.78, 5) is 7.79. The predicted octanol–water partition coefficient (Wildman–Crippen LogP) is 3.22. The van der Waals surface area contributed by atoms with Crippen LogP contribution in [-0.2, 0) is 6.42 Å². The molecule has 14 heavy (non-hydrogen) atoms. The molecule has 1 aliphatic carbocycles. The molecule has 1 saturated carbocycles. The molecule has 1 N–H and O–H groups in total. The van der Waals surface area contributed by atoms with Gasteiger partial charge in [-0.3, -0.25) is 0 Å². The Morgan fingerprint density at radius 1 is 1.64 bits per heavy atom. The van der Waals surface area contributed by atoms with Crippen LogP contribution in [0.1, 0.15) is 44.1 Å². The highest BCUT2D eigenvalue weighted by Gasteiger charge is 2.36. The van der Waals surface area contributed by atoms with E-state index < -0.39 is 0 Å². The molecule has 0 amide bonds. The molecule has 1 aromatic rings. The minimum atomic E-state index is 0.633. The van der Waals surface area contributed by atoms with Crippen LogP contribution in [0.4, 0.5) is 0 Å². The molecule has 0 spiro atoms. The fraction of sp³-hybridized carbons (Fsp3) is 0.636. The van der Waals surface area contributed by atoms with E-state index in [9.17, 15) is 0 Å². The van der Waals surface area contributed by atoms with Crippen molar-refractivity contribution in [3.05, 3.63) is 22.2 Å². The van der Waals surface area contributed by atoms with E-state index in [-0.39, 0.29) is 0 Å². The number of nitrogens with one attached hydrogen (secondary N) is 1. The number of hydrogen-bond donors (Lipinski definition) is 1. The van der Waals surface area contributed by atoms with Gasteiger partial charge in [-0.05, 0) is 24.8 Å². The molecule has 1 aromatic heterocycles. The maximum absolute atomic E-state index is 5.16. The summed E-state index contributed by atoms with van der Waals surface area (Å²) in [5.41, 5.74) is 1.24. The number of nitrogens with zero attached hydrogens (tertiary/aromatic N) is 1. The average molecular weight is 208 g/mol. The van der Waals surface area contributed by atoms with Crippen molar-refractivity contribution < 1.29 is 0 Å². The summed E-state index contributed by atoms with van der Waals surface area (Å²) in [6.45, 7) is 4.44. The van der Waals surface area contributed by atoms with E-state index in [0.29, 0.717) is 5.92 Å². The van der Waals surface area contributed by atoms with E-state index in [2.05, 4.69) is 23.8 Å². The fourth-order valence-corrected chi connectivity index (χ4v) is 2.05. The van der Waals surface area contributed by atoms with Crippen molar-refractivity contribution in [2.24, 2.45) is 5.92 Å². The van der Waals surface area contributed by atoms with Crippen LogP contribution in [-0.4, -0.2) is 9.97 Å². The lowest BCUT2D eigenvalue weighted by Gasteiger charge is -2.03. The topological polar surface area (TPSA) is 28.7 Å². The van der Waals surface area contributed by atoms with E-state index in [4.69, 9.17) is 12.2 Å². The molecule has 0 saturated heterocycles. The molecule has 0 radical (unpaired) electrons. The smallest absolute Gasteiger partial charge is 0.129 e. The van der Waals surface area contributed by atoms with Crippen molar-refractivity contribution in [1.82, 2.24) is 9.97 Å². The molecule has 76 valence electrons. The van der Waals surface area contributed by atoms with Crippen molar-refractivity contribution in [2.75, 3.05) is 0 Å². The molecular formula is C11H16N2S. The summed E-state index contributed by atoms with van der Waals surface area (Å²) in [6, 6.07) is 1.98. The molecule has 1 heterocycles. The third-order valence-electron chi connectivity index (χ3n) is 2.80. The first-order valence-electron chi connectivity index (χ1n) is 5.31. The Labute approximate surface area is 89.8 Å². The van der Waals surface area contributed by atoms with Gasteiger partial charge in [0.1, 0.15) is 10.5 Å². The van der Waals surface area contributed by atoms with Gasteiger partial charge in [-0.15, -0.1) is 0 Å². The van der Waals surface area contributed by atoms with Crippen molar-refractivity contribution in [1.29, 1.82) is 0 Å². The van der Waals surface area contributed by atoms with Gasteiger partial charge in [0, 0.05) is 11.6 Å². The van der Waals surface area contributed by atoms with Gasteiger partial charge in [0.15, 0.2) is 0 Å². The molecule has 2 rings (SSSR count). The second kappa shape index (κ2) is 3.81. The number of aromatic amines is 1. The molecule has 0 aromatic carbocycles. The number of H-pyrrole nitrogens is 1. The van der Waals surface area contributed by atoms with Crippen LogP contribution in [0.2, 0.25) is 0 Å². The zero-order valence-electron chi connectivity index (χ0n) is 8.71. The van der Waals surface area contributed by atoms with Gasteiger partial charge in [-0.25, -0.2) is 4.98 Å². The summed E-state index contributed by atoms with van der Waals surface area (Å²) >= 11 is 5.16. The molecule has 1 aliphatic rings. The first kappa shape index (κ1) is 9.84. The predicted molar refractivity (Wildman–Crippen MR) is 59.9 cm³/mol. The zero-order chi connectivity index (χ0) is 10.1. The van der Waals surface area contributed by atoms with Gasteiger partial charge < -0.3 is 4.98 Å². The Bertz CT molecular complexity index is 383. The Balaban J connectivity index is 2.27. The number of aromatic nitrogens is 2. The number of hydrogen-bond acceptors (Lipinski definition) is 2. The quantitative estimate of drug-likeness (QED) is 0.773. The van der Waals surface area contributed by atoms with Gasteiger partial charge in [0.2, 0.25) is 0 Å². The summed E-state index contributed by atoms with van der Waals surface area (Å²) < 4.78 is 0.737. The molecule has 2 unspecified atom stereocenters. The molecule has 3 heteroatoms. The van der Waals surface area contributed by atoms with Crippen LogP contribution >= 0.6 is 12.2 Å². The van der Waals surface area contributed by atoms with Gasteiger partial charge in [-0.2, -0.15) is 0 Å². The van der Waals surface area contributed by atoms with Gasteiger partial charge >= 0.3 is 0 Å². The SMILES string of the molecule is CCCc1cc(=S)nc(C2CC2C)[nH]1. The van der Waals surface area contributed by atoms with Crippen molar-refractivity contribution in [3.8, 4) is 0 Å². The van der Waals surface area contributed by atoms with Crippen LogP contribution in [0.5, 0.6) is 0 Å². The van der Waals surface area contributed by atoms with E-state index >= 15 is 0 Å². The van der Waals surface area contributed by atoms with E-state index in [0.717, 1.165) is 29.2 Å². The molecule has 0 bridgehead atoms. The standard InChI is InChI=1S/C11H16N2S/c1-3-4-8-6-10(14)13-11(12-8)9-5-7(9)2/h6-7,9H,3-5H2,1-2H3,(H,12,13,14). The lowest BCUT2D eigenvalue weighted by atomic mass is 10.2. The van der Waals surface area contributed by atoms with E-state index in [1.54, 1.807) is 0 Å². The second-order valence-electron chi connectivity index (χ2n) is 4.20. The van der Waals surface area contributed by atoms with Gasteiger partial charge in [-0.1, -0.05) is 32.5 Å². The Morgan fingerprint density at radius 2 is 2.36 bits per heavy atom. The summed E-state index contributed by atoms with van der Waals surface area (Å²) in [5, 5.41) is 0. The number of aryl methyl sites for hydroxylation is 1. The normalized spacial score (nSPS) is 25.0. The van der Waals surface area contributed by atoms with Crippen LogP contribution < -0.4 is 0 Å². The van der Waals surface area contributed by atoms with Gasteiger partial charge in [0.25, 0.3) is 0 Å². The summed E-state index contributed by atoms with van der Waals surface area (Å²) in [5.74, 6) is 2.52. The van der Waals surface area contributed by atoms with Crippen molar-refractivity contribution in [2.45, 2.75) is 39.0 Å². The third-order valence-corrected chi connectivity index (χ3v) is 3.01. The fourth-order valence-electron chi connectivity index (χ4n) is 1.81. The Kier molecular flexibility index (Phi) is 2.68. The first-order valence-corrected chi connectivity index (χ1v) is 5.71. The molecule has 2 atom stereocenters. The minimum absolute atomic E-state index is 0.633. The highest BCUT2D eigenvalue weighted by Crippen LogP contribution is 2.45. The zero-order valence-corrected chi connectivity index (χ0v) is 9.53. The molecule has 2 nitrogen and oxygen atoms in total. The lowest BCUT2D eigenvalue weighted by Crippen LogP contribution is -1.98. The van der Waals surface area contributed by atoms with Crippen molar-refractivity contribution in [3.63, 3.8) is 0 Å². The minimum Gasteiger partial charge on any atom is -0.347 e. The summed E-state index contributed by atoms with van der Waals surface area (Å²) in [7, 11) is 0. The second-order valence-corrected chi connectivity index (χ2v) is 4.62. The molecule has 0 aliphatic heterocycles. The lowest BCUT2D eigenvalue weighted by molar-refractivity contribution is 0.795. The highest BCUT2D eigenvalue weighted by atomic mass is 32.1. The van der Waals surface area contributed by atoms with Crippen LogP contribution in [0.25, 0.3) is 0 Å². The summed E-state index contributed by atoms with van der Waals surface area (Å²) in [6.07, 6.45) is 3.48. The maximum Gasteiger partial charge on any atom is 0.129 e. The van der Waals surface area contributed by atoms with Crippen LogP contribution in [0.15, 0.2) is 6.07 Å². The number of rotatable bonds is 3. The van der Waals surface area contributed by atoms with Gasteiger partial charge in [0.05, 0.1) is 0 Å². The third kappa shape index (κ3) is 2.03. The van der Waals surface area contributed by atoms with Crippen molar-refractivity contribution >= 4 is 12.2 Å². The average Bonchev–Trinajstić information content (AvgIpc) is 2.82. The first-order chi connectivity index (χ1) is 6.70. The molecular weight excluding hydrogens is 192 g/mol. The Morgan fingerprint density at radius 3 is 2.93 bits per heavy atom.